The smallest absolute Gasteiger partial charge is 0.194 e. The first kappa shape index (κ1) is 20.4. The molecule has 1 aromatic carbocycles. The molecule has 0 saturated carbocycles. The standard InChI is InChI=1S/C22H34N6/c1-4-24-22(25-12-14-26(3)16-20-8-6-5-7-9-20)27-13-10-19(2)21(17-27)28-15-11-23-18-28/h5-9,11,15,18-19,21H,4,10,12-14,16-17H2,1-3H3,(H,24,25). The fourth-order valence-electron chi connectivity index (χ4n) is 3.82. The van der Waals surface area contributed by atoms with Crippen LogP contribution in [0.5, 0.6) is 0 Å². The lowest BCUT2D eigenvalue weighted by molar-refractivity contribution is 0.189. The zero-order valence-corrected chi connectivity index (χ0v) is 17.5. The Labute approximate surface area is 169 Å². The van der Waals surface area contributed by atoms with E-state index >= 15 is 0 Å². The van der Waals surface area contributed by atoms with E-state index in [2.05, 4.69) is 82.1 Å². The Hall–Kier alpha value is -2.34. The van der Waals surface area contributed by atoms with Gasteiger partial charge in [-0.15, -0.1) is 0 Å². The van der Waals surface area contributed by atoms with Crippen LogP contribution in [0, 0.1) is 5.92 Å². The van der Waals surface area contributed by atoms with Crippen LogP contribution in [-0.4, -0.2) is 65.1 Å². The van der Waals surface area contributed by atoms with Gasteiger partial charge in [0.15, 0.2) is 5.96 Å². The monoisotopic (exact) mass is 382 g/mol. The number of aromatic nitrogens is 2. The number of piperidine rings is 1. The molecular weight excluding hydrogens is 348 g/mol. The van der Waals surface area contributed by atoms with Crippen molar-refractivity contribution in [2.75, 3.05) is 39.8 Å². The van der Waals surface area contributed by atoms with Crippen molar-refractivity contribution in [2.24, 2.45) is 10.9 Å². The summed E-state index contributed by atoms with van der Waals surface area (Å²) in [5, 5.41) is 3.49. The minimum Gasteiger partial charge on any atom is -0.357 e. The quantitative estimate of drug-likeness (QED) is 0.591. The molecule has 0 radical (unpaired) electrons. The number of nitrogens with zero attached hydrogens (tertiary/aromatic N) is 5. The molecule has 1 aliphatic heterocycles. The topological polar surface area (TPSA) is 48.7 Å². The van der Waals surface area contributed by atoms with E-state index in [9.17, 15) is 0 Å². The third kappa shape index (κ3) is 5.58. The third-order valence-corrected chi connectivity index (χ3v) is 5.50. The number of nitrogens with one attached hydrogen (secondary N) is 1. The molecule has 3 rings (SSSR count). The number of guanidine groups is 1. The van der Waals surface area contributed by atoms with Crippen molar-refractivity contribution < 1.29 is 0 Å². The number of benzene rings is 1. The van der Waals surface area contributed by atoms with E-state index in [-0.39, 0.29) is 0 Å². The lowest BCUT2D eigenvalue weighted by Crippen LogP contribution is -2.49. The van der Waals surface area contributed by atoms with E-state index in [1.165, 1.54) is 12.0 Å². The van der Waals surface area contributed by atoms with Gasteiger partial charge >= 0.3 is 0 Å². The fourth-order valence-corrected chi connectivity index (χ4v) is 3.82. The van der Waals surface area contributed by atoms with Crippen LogP contribution in [0.4, 0.5) is 0 Å². The van der Waals surface area contributed by atoms with E-state index in [0.29, 0.717) is 12.0 Å². The van der Waals surface area contributed by atoms with Gasteiger partial charge in [-0.1, -0.05) is 37.3 Å². The van der Waals surface area contributed by atoms with E-state index in [4.69, 9.17) is 4.99 Å². The average Bonchev–Trinajstić information content (AvgIpc) is 3.23. The SMILES string of the molecule is CCNC(=NCCN(C)Cc1ccccc1)N1CCC(C)C(n2ccnc2)C1. The molecule has 1 aliphatic rings. The van der Waals surface area contributed by atoms with Crippen LogP contribution in [0.3, 0.4) is 0 Å². The van der Waals surface area contributed by atoms with Crippen molar-refractivity contribution in [3.05, 3.63) is 54.6 Å². The molecule has 6 heteroatoms. The molecular formula is C22H34N6. The van der Waals surface area contributed by atoms with Gasteiger partial charge in [-0.3, -0.25) is 4.99 Å². The largest absolute Gasteiger partial charge is 0.357 e. The van der Waals surface area contributed by atoms with Crippen molar-refractivity contribution in [3.8, 4) is 0 Å². The van der Waals surface area contributed by atoms with Gasteiger partial charge in [0.25, 0.3) is 0 Å². The van der Waals surface area contributed by atoms with Crippen LogP contribution in [0.1, 0.15) is 31.9 Å². The van der Waals surface area contributed by atoms with Crippen LogP contribution in [0.2, 0.25) is 0 Å². The Morgan fingerprint density at radius 1 is 1.32 bits per heavy atom. The molecule has 0 amide bonds. The first-order valence-corrected chi connectivity index (χ1v) is 10.4. The maximum Gasteiger partial charge on any atom is 0.194 e. The number of imidazole rings is 1. The molecule has 6 nitrogen and oxygen atoms in total. The van der Waals surface area contributed by atoms with Crippen LogP contribution in [-0.2, 0) is 6.54 Å². The molecule has 2 atom stereocenters. The van der Waals surface area contributed by atoms with Crippen LogP contribution in [0.15, 0.2) is 54.0 Å². The summed E-state index contributed by atoms with van der Waals surface area (Å²) in [6.45, 7) is 10.1. The number of rotatable bonds is 7. The van der Waals surface area contributed by atoms with Gasteiger partial charge in [0.05, 0.1) is 18.9 Å². The molecule has 152 valence electrons. The Balaban J connectivity index is 1.57. The van der Waals surface area contributed by atoms with Gasteiger partial charge in [-0.2, -0.15) is 0 Å². The zero-order chi connectivity index (χ0) is 19.8. The van der Waals surface area contributed by atoms with Crippen molar-refractivity contribution in [2.45, 2.75) is 32.9 Å². The average molecular weight is 383 g/mol. The summed E-state index contributed by atoms with van der Waals surface area (Å²) < 4.78 is 2.24. The minimum atomic E-state index is 0.445. The highest BCUT2D eigenvalue weighted by Gasteiger charge is 2.28. The van der Waals surface area contributed by atoms with Crippen LogP contribution < -0.4 is 5.32 Å². The number of likely N-dealkylation sites (N-methyl/N-ethyl adjacent to an activating group) is 1. The first-order valence-electron chi connectivity index (χ1n) is 10.4. The van der Waals surface area contributed by atoms with Gasteiger partial charge in [-0.25, -0.2) is 4.98 Å². The highest BCUT2D eigenvalue weighted by atomic mass is 15.3. The normalized spacial score (nSPS) is 20.6. The predicted octanol–water partition coefficient (Wildman–Crippen LogP) is 2.86. The summed E-state index contributed by atoms with van der Waals surface area (Å²) in [6.07, 6.45) is 7.05. The number of likely N-dealkylation sites (tertiary alicyclic amines) is 1. The van der Waals surface area contributed by atoms with E-state index in [1.807, 2.05) is 12.5 Å². The van der Waals surface area contributed by atoms with Crippen molar-refractivity contribution in [1.82, 2.24) is 24.7 Å². The molecule has 1 fully saturated rings. The molecule has 0 aliphatic carbocycles. The van der Waals surface area contributed by atoms with Crippen molar-refractivity contribution in [3.63, 3.8) is 0 Å². The zero-order valence-electron chi connectivity index (χ0n) is 17.5. The summed E-state index contributed by atoms with van der Waals surface area (Å²) in [5.74, 6) is 1.68. The van der Waals surface area contributed by atoms with Gasteiger partial charge < -0.3 is 19.7 Å². The molecule has 0 bridgehead atoms. The number of hydrogen-bond donors (Lipinski definition) is 1. The molecule has 2 unspecified atom stereocenters. The molecule has 2 aromatic rings. The summed E-state index contributed by atoms with van der Waals surface area (Å²) in [6, 6.07) is 11.1. The Bertz CT molecular complexity index is 712. The maximum atomic E-state index is 4.92. The van der Waals surface area contributed by atoms with E-state index < -0.39 is 0 Å². The summed E-state index contributed by atoms with van der Waals surface area (Å²) in [7, 11) is 2.16. The highest BCUT2D eigenvalue weighted by Crippen LogP contribution is 2.27. The van der Waals surface area contributed by atoms with Gasteiger partial charge in [0.1, 0.15) is 0 Å². The van der Waals surface area contributed by atoms with Crippen LogP contribution >= 0.6 is 0 Å². The summed E-state index contributed by atoms with van der Waals surface area (Å²) in [5.41, 5.74) is 1.34. The molecule has 2 heterocycles. The maximum absolute atomic E-state index is 4.92. The minimum absolute atomic E-state index is 0.445. The lowest BCUT2D eigenvalue weighted by atomic mass is 9.93. The highest BCUT2D eigenvalue weighted by molar-refractivity contribution is 5.80. The Morgan fingerprint density at radius 3 is 2.86 bits per heavy atom. The molecule has 1 N–H and O–H groups in total. The summed E-state index contributed by atoms with van der Waals surface area (Å²) in [4.78, 5) is 13.9. The second-order valence-corrected chi connectivity index (χ2v) is 7.75. The van der Waals surface area contributed by atoms with Crippen LogP contribution in [0.25, 0.3) is 0 Å². The molecule has 1 aromatic heterocycles. The molecule has 1 saturated heterocycles. The van der Waals surface area contributed by atoms with Gasteiger partial charge in [0, 0.05) is 45.1 Å². The van der Waals surface area contributed by atoms with E-state index in [1.54, 1.807) is 0 Å². The second-order valence-electron chi connectivity index (χ2n) is 7.75. The van der Waals surface area contributed by atoms with Gasteiger partial charge in [-0.05, 0) is 31.9 Å². The van der Waals surface area contributed by atoms with Gasteiger partial charge in [0.2, 0.25) is 0 Å². The van der Waals surface area contributed by atoms with E-state index in [0.717, 1.165) is 45.2 Å². The lowest BCUT2D eigenvalue weighted by Gasteiger charge is -2.39. The fraction of sp³-hybridized carbons (Fsp3) is 0.545. The Morgan fingerprint density at radius 2 is 2.14 bits per heavy atom. The molecule has 0 spiro atoms. The van der Waals surface area contributed by atoms with Crippen molar-refractivity contribution >= 4 is 5.96 Å². The predicted molar refractivity (Wildman–Crippen MR) is 115 cm³/mol. The Kier molecular flexibility index (Phi) is 7.48. The summed E-state index contributed by atoms with van der Waals surface area (Å²) >= 11 is 0. The van der Waals surface area contributed by atoms with Crippen molar-refractivity contribution in [1.29, 1.82) is 0 Å². The second kappa shape index (κ2) is 10.3. The number of aliphatic imine (C=N–C) groups is 1. The number of hydrogen-bond acceptors (Lipinski definition) is 3. The third-order valence-electron chi connectivity index (χ3n) is 5.50. The first-order chi connectivity index (χ1) is 13.7. The molecule has 28 heavy (non-hydrogen) atoms.